The molecule has 0 unspecified atom stereocenters. The third-order valence-electron chi connectivity index (χ3n) is 6.78. The molecule has 1 aliphatic rings. The number of nitrogen functional groups attached to an aromatic ring is 1. The number of methoxy groups -OCH3 is 2. The first kappa shape index (κ1) is 23.0. The SMILES string of the molecule is COc1cccc(Oc2ccc(-c3nn(C4CCC(C)CC4)c4c(OC)cnc(N)c34)cc2)c1F. The molecule has 1 fully saturated rings. The number of anilines is 1. The summed E-state index contributed by atoms with van der Waals surface area (Å²) in [6.45, 7) is 2.30. The second kappa shape index (κ2) is 9.44. The van der Waals surface area contributed by atoms with Crippen molar-refractivity contribution in [1.82, 2.24) is 14.8 Å². The Morgan fingerprint density at radius 3 is 2.31 bits per heavy atom. The fourth-order valence-electron chi connectivity index (χ4n) is 4.80. The Kier molecular flexibility index (Phi) is 6.19. The van der Waals surface area contributed by atoms with Crippen LogP contribution in [0.15, 0.2) is 48.7 Å². The molecule has 182 valence electrons. The van der Waals surface area contributed by atoms with Crippen LogP contribution >= 0.6 is 0 Å². The van der Waals surface area contributed by atoms with E-state index in [1.807, 2.05) is 12.1 Å². The minimum Gasteiger partial charge on any atom is -0.494 e. The van der Waals surface area contributed by atoms with E-state index >= 15 is 0 Å². The molecular weight excluding hydrogens is 447 g/mol. The highest BCUT2D eigenvalue weighted by molar-refractivity contribution is 6.03. The van der Waals surface area contributed by atoms with Gasteiger partial charge in [-0.05, 0) is 68.0 Å². The third-order valence-corrected chi connectivity index (χ3v) is 6.78. The molecule has 35 heavy (non-hydrogen) atoms. The molecular formula is C27H29FN4O3. The molecule has 0 aliphatic heterocycles. The van der Waals surface area contributed by atoms with E-state index in [1.54, 1.807) is 43.6 Å². The highest BCUT2D eigenvalue weighted by Crippen LogP contribution is 2.41. The van der Waals surface area contributed by atoms with Crippen LogP contribution in [0.25, 0.3) is 22.2 Å². The maximum Gasteiger partial charge on any atom is 0.207 e. The van der Waals surface area contributed by atoms with Gasteiger partial charge >= 0.3 is 0 Å². The van der Waals surface area contributed by atoms with Crippen molar-refractivity contribution in [1.29, 1.82) is 0 Å². The highest BCUT2D eigenvalue weighted by atomic mass is 19.1. The maximum absolute atomic E-state index is 14.5. The Labute approximate surface area is 203 Å². The van der Waals surface area contributed by atoms with Crippen LogP contribution in [-0.4, -0.2) is 29.0 Å². The minimum atomic E-state index is -0.545. The lowest BCUT2D eigenvalue weighted by Crippen LogP contribution is -2.18. The van der Waals surface area contributed by atoms with Gasteiger partial charge in [-0.2, -0.15) is 9.49 Å². The molecule has 4 aromatic rings. The van der Waals surface area contributed by atoms with E-state index in [4.69, 9.17) is 25.0 Å². The van der Waals surface area contributed by atoms with Gasteiger partial charge < -0.3 is 19.9 Å². The van der Waals surface area contributed by atoms with Gasteiger partial charge in [0.25, 0.3) is 0 Å². The summed E-state index contributed by atoms with van der Waals surface area (Å²) in [4.78, 5) is 4.36. The largest absolute Gasteiger partial charge is 0.494 e. The van der Waals surface area contributed by atoms with Crippen molar-refractivity contribution in [3.05, 3.63) is 54.5 Å². The Bertz CT molecular complexity index is 1350. The number of hydrogen-bond acceptors (Lipinski definition) is 6. The van der Waals surface area contributed by atoms with E-state index in [0.29, 0.717) is 17.3 Å². The van der Waals surface area contributed by atoms with Crippen molar-refractivity contribution < 1.29 is 18.6 Å². The number of rotatable bonds is 6. The molecule has 7 nitrogen and oxygen atoms in total. The van der Waals surface area contributed by atoms with Gasteiger partial charge in [-0.1, -0.05) is 13.0 Å². The van der Waals surface area contributed by atoms with Crippen LogP contribution in [0.1, 0.15) is 38.6 Å². The van der Waals surface area contributed by atoms with Crippen molar-refractivity contribution >= 4 is 16.7 Å². The number of ether oxygens (including phenoxy) is 3. The number of benzene rings is 2. The summed E-state index contributed by atoms with van der Waals surface area (Å²) in [6.07, 6.45) is 6.10. The molecule has 0 spiro atoms. The first-order valence-electron chi connectivity index (χ1n) is 11.8. The zero-order valence-corrected chi connectivity index (χ0v) is 20.1. The monoisotopic (exact) mass is 476 g/mol. The lowest BCUT2D eigenvalue weighted by Gasteiger charge is -2.27. The summed E-state index contributed by atoms with van der Waals surface area (Å²) >= 11 is 0. The topological polar surface area (TPSA) is 84.4 Å². The Morgan fingerprint density at radius 2 is 1.63 bits per heavy atom. The lowest BCUT2D eigenvalue weighted by atomic mass is 9.87. The fraction of sp³-hybridized carbons (Fsp3) is 0.333. The van der Waals surface area contributed by atoms with Gasteiger partial charge in [0.2, 0.25) is 5.82 Å². The number of pyridine rings is 1. The molecule has 0 bridgehead atoms. The average molecular weight is 477 g/mol. The first-order chi connectivity index (χ1) is 17.0. The summed E-state index contributed by atoms with van der Waals surface area (Å²) in [5.41, 5.74) is 8.83. The average Bonchev–Trinajstić information content (AvgIpc) is 3.28. The Balaban J connectivity index is 1.53. The predicted octanol–water partition coefficient (Wildman–Crippen LogP) is 6.38. The zero-order chi connectivity index (χ0) is 24.5. The van der Waals surface area contributed by atoms with Crippen LogP contribution in [0.3, 0.4) is 0 Å². The third kappa shape index (κ3) is 4.24. The van der Waals surface area contributed by atoms with Crippen LogP contribution in [0, 0.1) is 11.7 Å². The van der Waals surface area contributed by atoms with Gasteiger partial charge in [0.05, 0.1) is 31.8 Å². The summed E-state index contributed by atoms with van der Waals surface area (Å²) in [6, 6.07) is 12.4. The van der Waals surface area contributed by atoms with E-state index in [0.717, 1.165) is 53.8 Å². The molecule has 2 heterocycles. The molecule has 2 aromatic carbocycles. The van der Waals surface area contributed by atoms with Crippen molar-refractivity contribution in [3.63, 3.8) is 0 Å². The molecule has 5 rings (SSSR count). The van der Waals surface area contributed by atoms with E-state index in [1.165, 1.54) is 7.11 Å². The fourth-order valence-corrected chi connectivity index (χ4v) is 4.80. The Morgan fingerprint density at radius 1 is 0.943 bits per heavy atom. The van der Waals surface area contributed by atoms with Gasteiger partial charge in [-0.15, -0.1) is 0 Å². The lowest BCUT2D eigenvalue weighted by molar-refractivity contribution is 0.278. The molecule has 1 aliphatic carbocycles. The van der Waals surface area contributed by atoms with Crippen LogP contribution in [0.5, 0.6) is 23.0 Å². The number of aromatic nitrogens is 3. The zero-order valence-electron chi connectivity index (χ0n) is 20.1. The summed E-state index contributed by atoms with van der Waals surface area (Å²) in [7, 11) is 3.06. The molecule has 0 radical (unpaired) electrons. The summed E-state index contributed by atoms with van der Waals surface area (Å²) in [5, 5.41) is 5.80. The molecule has 8 heteroatoms. The van der Waals surface area contributed by atoms with Crippen LogP contribution in [0.2, 0.25) is 0 Å². The number of nitrogens with zero attached hydrogens (tertiary/aromatic N) is 3. The van der Waals surface area contributed by atoms with E-state index in [-0.39, 0.29) is 17.5 Å². The standard InChI is InChI=1S/C27H29FN4O3/c1-16-7-11-18(12-8-16)32-26-22(34-3)15-30-27(29)23(26)25(31-32)17-9-13-19(14-10-17)35-21-6-4-5-20(33-2)24(21)28/h4-6,9-10,13-16,18H,7-8,11-12H2,1-3H3,(H2,29,30). The Hall–Kier alpha value is -3.81. The van der Waals surface area contributed by atoms with Crippen molar-refractivity contribution in [2.24, 2.45) is 5.92 Å². The van der Waals surface area contributed by atoms with E-state index in [9.17, 15) is 4.39 Å². The highest BCUT2D eigenvalue weighted by Gasteiger charge is 2.27. The predicted molar refractivity (Wildman–Crippen MR) is 134 cm³/mol. The van der Waals surface area contributed by atoms with Crippen LogP contribution < -0.4 is 19.9 Å². The number of halogens is 1. The molecule has 2 N–H and O–H groups in total. The van der Waals surface area contributed by atoms with Gasteiger partial charge in [0.15, 0.2) is 17.2 Å². The van der Waals surface area contributed by atoms with E-state index in [2.05, 4.69) is 16.6 Å². The first-order valence-corrected chi connectivity index (χ1v) is 11.8. The summed E-state index contributed by atoms with van der Waals surface area (Å²) in [5.74, 6) is 1.96. The number of hydrogen-bond donors (Lipinski definition) is 1. The van der Waals surface area contributed by atoms with Gasteiger partial charge in [-0.25, -0.2) is 4.98 Å². The van der Waals surface area contributed by atoms with Crippen LogP contribution in [0.4, 0.5) is 10.2 Å². The second-order valence-corrected chi connectivity index (χ2v) is 9.04. The molecule has 0 atom stereocenters. The van der Waals surface area contributed by atoms with Crippen molar-refractivity contribution in [3.8, 4) is 34.3 Å². The van der Waals surface area contributed by atoms with Crippen molar-refractivity contribution in [2.75, 3.05) is 20.0 Å². The molecule has 2 aromatic heterocycles. The number of fused-ring (bicyclic) bond motifs is 1. The van der Waals surface area contributed by atoms with Gasteiger partial charge in [0.1, 0.15) is 22.8 Å². The second-order valence-electron chi connectivity index (χ2n) is 9.04. The maximum atomic E-state index is 14.5. The minimum absolute atomic E-state index is 0.0940. The van der Waals surface area contributed by atoms with Gasteiger partial charge in [-0.3, -0.25) is 4.68 Å². The van der Waals surface area contributed by atoms with Gasteiger partial charge in [0, 0.05) is 5.56 Å². The number of nitrogens with two attached hydrogens (primary N) is 1. The molecule has 0 amide bonds. The molecule has 0 saturated heterocycles. The van der Waals surface area contributed by atoms with Crippen molar-refractivity contribution in [2.45, 2.75) is 38.6 Å². The smallest absolute Gasteiger partial charge is 0.207 e. The quantitative estimate of drug-likeness (QED) is 0.348. The van der Waals surface area contributed by atoms with E-state index < -0.39 is 5.82 Å². The normalized spacial score (nSPS) is 17.9. The van der Waals surface area contributed by atoms with Crippen LogP contribution in [-0.2, 0) is 0 Å². The molecule has 1 saturated carbocycles. The summed E-state index contributed by atoms with van der Waals surface area (Å²) < 4.78 is 33.0.